The van der Waals surface area contributed by atoms with Crippen molar-refractivity contribution in [2.75, 3.05) is 13.2 Å². The Morgan fingerprint density at radius 3 is 1.64 bits per heavy atom. The van der Waals surface area contributed by atoms with Crippen LogP contribution < -0.4 is 0 Å². The van der Waals surface area contributed by atoms with Crippen LogP contribution in [0.1, 0.15) is 116 Å². The molecule has 0 unspecified atom stereocenters. The lowest BCUT2D eigenvalue weighted by Gasteiger charge is -2.42. The fourth-order valence-electron chi connectivity index (χ4n) is 10.8. The highest BCUT2D eigenvalue weighted by molar-refractivity contribution is 9.10. The third-order valence-electron chi connectivity index (χ3n) is 17.2. The molecule has 4 aromatic carbocycles. The second-order valence-corrected chi connectivity index (χ2v) is 35.3. The van der Waals surface area contributed by atoms with Crippen molar-refractivity contribution in [3.05, 3.63) is 153 Å². The molecule has 12 atom stereocenters. The number of hydrogen-bond donors (Lipinski definition) is 1. The van der Waals surface area contributed by atoms with E-state index in [1.807, 2.05) is 48.5 Å². The SMILES string of the molecule is CC[Si](CC)(CC)O[C@@H](C[C@@H]1O[C@H](COCc2ccc(Br)cc2)[C@@H](OCc2ccc(Br)cc2)C[C@@H](C)C[C@H]1O)[C@]1(C)O[C@H]1C[C@H]1O[C@@H](COCc2ccccc2)[C@H](OCc2ccccc2)C/C=C\C[C@@H]1O[Si](C)(C)C(C)(C)C. The summed E-state index contributed by atoms with van der Waals surface area (Å²) in [5.41, 5.74) is 3.65. The molecular formula is C64H92Br2O10Si2. The summed E-state index contributed by atoms with van der Waals surface area (Å²) in [6.45, 7) is 25.2. The molecule has 0 aromatic heterocycles. The maximum atomic E-state index is 12.4. The molecule has 0 saturated carbocycles. The number of benzene rings is 4. The summed E-state index contributed by atoms with van der Waals surface area (Å²) < 4.78 is 65.9. The van der Waals surface area contributed by atoms with E-state index in [2.05, 4.69) is 173 Å². The Labute approximate surface area is 487 Å². The lowest BCUT2D eigenvalue weighted by atomic mass is 9.86. The normalized spacial score (nSPS) is 28.2. The standard InChI is InChI=1S/C64H92Br2O10Si2/c1-11-78(12-2,13-3)76-62(38-56-53(67)36-46(4)37-57(71-43-50-30-34-52(66)35-31-50)60(72-56)45-69-41-49-28-32-51(65)33-29-49)64(8)61(74-64)39-58-55(75-77(9,10)63(5,6)7)27-21-20-26-54(70-42-48-24-18-15-19-25-48)59(73-58)44-68-40-47-22-16-14-17-23-47/h14-25,28-35,46,53-62,67H,11-13,26-27,36-45H2,1-10H3/b21-20-/t46-,53+,54+,55-,56-,57-,58+,59-,60+,61-,62-,64+/m0/s1. The number of epoxide rings is 1. The maximum Gasteiger partial charge on any atom is 0.192 e. The third kappa shape index (κ3) is 18.3. The molecule has 14 heteroatoms. The second-order valence-electron chi connectivity index (χ2n) is 24.0. The summed E-state index contributed by atoms with van der Waals surface area (Å²) in [5, 5.41) is 12.4. The topological polar surface area (TPSA) is 107 Å². The highest BCUT2D eigenvalue weighted by Gasteiger charge is 2.61. The molecule has 2 fully saturated rings. The first-order chi connectivity index (χ1) is 37.3. The first kappa shape index (κ1) is 63.2. The summed E-state index contributed by atoms with van der Waals surface area (Å²) in [4.78, 5) is 0. The van der Waals surface area contributed by atoms with Gasteiger partial charge in [-0.05, 0) is 121 Å². The molecule has 3 aliphatic heterocycles. The van der Waals surface area contributed by atoms with E-state index in [0.717, 1.165) is 55.8 Å². The van der Waals surface area contributed by atoms with E-state index in [4.69, 9.17) is 42.0 Å². The van der Waals surface area contributed by atoms with Crippen molar-refractivity contribution in [2.24, 2.45) is 5.92 Å². The fraction of sp³-hybridized carbons (Fsp3) is 0.594. The van der Waals surface area contributed by atoms with Gasteiger partial charge in [-0.3, -0.25) is 0 Å². The quantitative estimate of drug-likeness (QED) is 0.0371. The number of hydrogen-bond acceptors (Lipinski definition) is 10. The van der Waals surface area contributed by atoms with Gasteiger partial charge < -0.3 is 47.1 Å². The van der Waals surface area contributed by atoms with Gasteiger partial charge in [-0.15, -0.1) is 0 Å². The van der Waals surface area contributed by atoms with E-state index in [9.17, 15) is 5.11 Å². The molecule has 2 saturated heterocycles. The van der Waals surface area contributed by atoms with Crippen LogP contribution in [0.4, 0.5) is 0 Å². The molecule has 4 aromatic rings. The highest BCUT2D eigenvalue weighted by Crippen LogP contribution is 2.49. The Hall–Kier alpha value is -2.39. The number of halogens is 2. The lowest BCUT2D eigenvalue weighted by molar-refractivity contribution is -0.182. The van der Waals surface area contributed by atoms with Crippen molar-refractivity contribution in [1.29, 1.82) is 0 Å². The van der Waals surface area contributed by atoms with Gasteiger partial charge in [0, 0.05) is 21.8 Å². The molecule has 7 rings (SSSR count). The number of rotatable bonds is 26. The minimum Gasteiger partial charge on any atom is -0.411 e. The van der Waals surface area contributed by atoms with E-state index in [-0.39, 0.29) is 47.6 Å². The molecule has 0 radical (unpaired) electrons. The van der Waals surface area contributed by atoms with Crippen LogP contribution in [-0.2, 0) is 68.4 Å². The van der Waals surface area contributed by atoms with Crippen LogP contribution in [0.5, 0.6) is 0 Å². The zero-order valence-electron chi connectivity index (χ0n) is 48.4. The molecule has 430 valence electrons. The smallest absolute Gasteiger partial charge is 0.192 e. The van der Waals surface area contributed by atoms with Gasteiger partial charge in [0.15, 0.2) is 16.6 Å². The molecule has 0 amide bonds. The minimum absolute atomic E-state index is 0.0298. The van der Waals surface area contributed by atoms with Crippen LogP contribution in [0.2, 0.25) is 36.3 Å². The Morgan fingerprint density at radius 1 is 0.628 bits per heavy atom. The number of aliphatic hydroxyl groups excluding tert-OH is 1. The Bertz CT molecular complexity index is 2380. The van der Waals surface area contributed by atoms with E-state index >= 15 is 0 Å². The number of ether oxygens (including phenoxy) is 7. The van der Waals surface area contributed by atoms with Crippen LogP contribution in [0.3, 0.4) is 0 Å². The van der Waals surface area contributed by atoms with Crippen molar-refractivity contribution in [3.8, 4) is 0 Å². The van der Waals surface area contributed by atoms with E-state index < -0.39 is 46.7 Å². The zero-order valence-corrected chi connectivity index (χ0v) is 53.6. The van der Waals surface area contributed by atoms with E-state index in [0.29, 0.717) is 71.7 Å². The summed E-state index contributed by atoms with van der Waals surface area (Å²) >= 11 is 7.16. The van der Waals surface area contributed by atoms with Crippen LogP contribution in [0.25, 0.3) is 0 Å². The van der Waals surface area contributed by atoms with Crippen molar-refractivity contribution >= 4 is 48.5 Å². The number of aliphatic hydroxyl groups is 1. The Kier molecular flexibility index (Phi) is 24.1. The molecule has 1 N–H and O–H groups in total. The first-order valence-corrected chi connectivity index (χ1v) is 36.0. The first-order valence-electron chi connectivity index (χ1n) is 28.9. The van der Waals surface area contributed by atoms with Crippen molar-refractivity contribution in [3.63, 3.8) is 0 Å². The van der Waals surface area contributed by atoms with Gasteiger partial charge in [0.25, 0.3) is 0 Å². The summed E-state index contributed by atoms with van der Waals surface area (Å²) in [5.74, 6) is 0.156. The van der Waals surface area contributed by atoms with Gasteiger partial charge >= 0.3 is 0 Å². The van der Waals surface area contributed by atoms with Crippen LogP contribution in [0.15, 0.2) is 130 Å². The zero-order chi connectivity index (χ0) is 55.9. The van der Waals surface area contributed by atoms with Crippen LogP contribution >= 0.6 is 31.9 Å². The predicted molar refractivity (Wildman–Crippen MR) is 324 cm³/mol. The van der Waals surface area contributed by atoms with Crippen LogP contribution in [0, 0.1) is 5.92 Å². The Morgan fingerprint density at radius 2 is 1.10 bits per heavy atom. The molecule has 0 aliphatic carbocycles. The van der Waals surface area contributed by atoms with Crippen molar-refractivity contribution < 1.29 is 47.1 Å². The van der Waals surface area contributed by atoms with Crippen molar-refractivity contribution in [2.45, 2.75) is 223 Å². The van der Waals surface area contributed by atoms with Gasteiger partial charge in [0.2, 0.25) is 0 Å². The van der Waals surface area contributed by atoms with Crippen molar-refractivity contribution in [1.82, 2.24) is 0 Å². The van der Waals surface area contributed by atoms with Gasteiger partial charge in [-0.25, -0.2) is 0 Å². The summed E-state index contributed by atoms with van der Waals surface area (Å²) in [6, 6.07) is 40.0. The Balaban J connectivity index is 1.19. The molecule has 3 aliphatic rings. The predicted octanol–water partition coefficient (Wildman–Crippen LogP) is 15.5. The summed E-state index contributed by atoms with van der Waals surface area (Å²) in [7, 11) is -4.60. The van der Waals surface area contributed by atoms with E-state index in [1.54, 1.807) is 0 Å². The van der Waals surface area contributed by atoms with Gasteiger partial charge in [-0.2, -0.15) is 0 Å². The fourth-order valence-corrected chi connectivity index (χ4v) is 15.6. The van der Waals surface area contributed by atoms with Crippen LogP contribution in [-0.4, -0.2) is 102 Å². The molecule has 0 spiro atoms. The largest absolute Gasteiger partial charge is 0.411 e. The average molecular weight is 1240 g/mol. The molecule has 0 bridgehead atoms. The van der Waals surface area contributed by atoms with Gasteiger partial charge in [0.05, 0.1) is 88.5 Å². The average Bonchev–Trinajstić information content (AvgIpc) is 4.08. The second kappa shape index (κ2) is 29.7. The minimum atomic E-state index is -2.32. The molecular weight excluding hydrogens is 1140 g/mol. The third-order valence-corrected chi connectivity index (χ3v) is 27.4. The highest BCUT2D eigenvalue weighted by atomic mass is 79.9. The molecule has 78 heavy (non-hydrogen) atoms. The van der Waals surface area contributed by atoms with Gasteiger partial charge in [0.1, 0.15) is 17.8 Å². The maximum absolute atomic E-state index is 12.4. The molecule has 10 nitrogen and oxygen atoms in total. The lowest BCUT2D eigenvalue weighted by Crippen LogP contribution is -2.52. The monoisotopic (exact) mass is 1230 g/mol. The van der Waals surface area contributed by atoms with E-state index in [1.165, 1.54) is 0 Å². The molecule has 3 heterocycles. The van der Waals surface area contributed by atoms with Gasteiger partial charge in [-0.1, -0.05) is 177 Å². The summed E-state index contributed by atoms with van der Waals surface area (Å²) in [6.07, 6.45) is 4.21.